The molecule has 4 nitrogen and oxygen atoms in total. The van der Waals surface area contributed by atoms with Crippen molar-refractivity contribution in [3.05, 3.63) is 89.6 Å². The van der Waals surface area contributed by atoms with E-state index in [1.165, 1.54) is 0 Å². The number of nitrogens with one attached hydrogen (secondary N) is 2. The molecule has 0 saturated carbocycles. The molecule has 0 aliphatic rings. The van der Waals surface area contributed by atoms with Gasteiger partial charge < -0.3 is 10.6 Å². The molecule has 0 atom stereocenters. The number of amides is 2. The second-order valence-electron chi connectivity index (χ2n) is 5.80. The Hall–Kier alpha value is -3.14. The molecule has 0 fully saturated rings. The van der Waals surface area contributed by atoms with Crippen molar-refractivity contribution in [1.82, 2.24) is 10.6 Å². The molecule has 0 unspecified atom stereocenters. The summed E-state index contributed by atoms with van der Waals surface area (Å²) in [6.07, 6.45) is 5.22. The number of allylic oxidation sites excluding steroid dienone is 2. The molecule has 25 heavy (non-hydrogen) atoms. The lowest BCUT2D eigenvalue weighted by molar-refractivity contribution is -0.118. The Morgan fingerprint density at radius 1 is 0.920 bits per heavy atom. The highest BCUT2D eigenvalue weighted by atomic mass is 16.2. The summed E-state index contributed by atoms with van der Waals surface area (Å²) in [7, 11) is 0. The van der Waals surface area contributed by atoms with E-state index in [4.69, 9.17) is 0 Å². The standard InChI is InChI=1S/C21H22N2O2/c1-16(2)22-21(25)19(15-9-12-17-10-5-3-6-11-17)23-20(24)18-13-7-4-8-14-18/h3-16H,1-2H3,(H,22,25)(H,23,24)/b12-9-,19-15+. The van der Waals surface area contributed by atoms with E-state index < -0.39 is 0 Å². The number of rotatable bonds is 6. The van der Waals surface area contributed by atoms with Gasteiger partial charge in [0.2, 0.25) is 0 Å². The molecule has 2 aromatic carbocycles. The van der Waals surface area contributed by atoms with Crippen molar-refractivity contribution >= 4 is 17.9 Å². The zero-order chi connectivity index (χ0) is 18.1. The van der Waals surface area contributed by atoms with E-state index in [1.807, 2.05) is 56.3 Å². The van der Waals surface area contributed by atoms with Crippen molar-refractivity contribution in [2.75, 3.05) is 0 Å². The maximum Gasteiger partial charge on any atom is 0.267 e. The monoisotopic (exact) mass is 334 g/mol. The summed E-state index contributed by atoms with van der Waals surface area (Å²) in [5.74, 6) is -0.643. The van der Waals surface area contributed by atoms with Gasteiger partial charge in [0.15, 0.2) is 0 Å². The van der Waals surface area contributed by atoms with Gasteiger partial charge in [0.05, 0.1) is 0 Å². The van der Waals surface area contributed by atoms with Crippen LogP contribution in [-0.4, -0.2) is 17.9 Å². The van der Waals surface area contributed by atoms with Gasteiger partial charge in [-0.15, -0.1) is 0 Å². The van der Waals surface area contributed by atoms with Gasteiger partial charge in [-0.05, 0) is 37.6 Å². The number of carbonyl (C=O) groups is 2. The first-order valence-electron chi connectivity index (χ1n) is 8.17. The molecule has 128 valence electrons. The minimum Gasteiger partial charge on any atom is -0.349 e. The second-order valence-corrected chi connectivity index (χ2v) is 5.80. The van der Waals surface area contributed by atoms with Crippen LogP contribution in [0.4, 0.5) is 0 Å². The van der Waals surface area contributed by atoms with Crippen molar-refractivity contribution in [2.24, 2.45) is 0 Å². The first kappa shape index (κ1) is 18.2. The van der Waals surface area contributed by atoms with Crippen LogP contribution in [-0.2, 0) is 4.79 Å². The van der Waals surface area contributed by atoms with Crippen LogP contribution in [0.2, 0.25) is 0 Å². The van der Waals surface area contributed by atoms with Crippen LogP contribution in [0.25, 0.3) is 6.08 Å². The fraction of sp³-hybridized carbons (Fsp3) is 0.143. The maximum atomic E-state index is 12.3. The molecule has 2 N–H and O–H groups in total. The zero-order valence-electron chi connectivity index (χ0n) is 14.4. The Labute approximate surface area is 148 Å². The fourth-order valence-electron chi connectivity index (χ4n) is 2.12. The van der Waals surface area contributed by atoms with Crippen molar-refractivity contribution in [2.45, 2.75) is 19.9 Å². The fourth-order valence-corrected chi connectivity index (χ4v) is 2.12. The zero-order valence-corrected chi connectivity index (χ0v) is 14.4. The summed E-state index contributed by atoms with van der Waals surface area (Å²) in [4.78, 5) is 24.7. The largest absolute Gasteiger partial charge is 0.349 e. The molecule has 0 bridgehead atoms. The molecule has 0 radical (unpaired) electrons. The van der Waals surface area contributed by atoms with Crippen LogP contribution in [0.5, 0.6) is 0 Å². The van der Waals surface area contributed by atoms with Crippen molar-refractivity contribution < 1.29 is 9.59 Å². The Kier molecular flexibility index (Phi) is 6.72. The predicted octanol–water partition coefficient (Wildman–Crippen LogP) is 3.54. The number of carbonyl (C=O) groups excluding carboxylic acids is 2. The van der Waals surface area contributed by atoms with Gasteiger partial charge >= 0.3 is 0 Å². The number of hydrogen-bond donors (Lipinski definition) is 2. The smallest absolute Gasteiger partial charge is 0.267 e. The molecule has 0 aliphatic carbocycles. The van der Waals surface area contributed by atoms with E-state index in [0.717, 1.165) is 5.56 Å². The minimum atomic E-state index is -0.322. The number of benzene rings is 2. The van der Waals surface area contributed by atoms with Crippen molar-refractivity contribution in [3.63, 3.8) is 0 Å². The highest BCUT2D eigenvalue weighted by Crippen LogP contribution is 2.04. The lowest BCUT2D eigenvalue weighted by atomic mass is 10.2. The molecule has 0 aliphatic heterocycles. The Morgan fingerprint density at radius 2 is 1.52 bits per heavy atom. The van der Waals surface area contributed by atoms with E-state index >= 15 is 0 Å². The normalized spacial score (nSPS) is 11.6. The molecule has 2 aromatic rings. The maximum absolute atomic E-state index is 12.3. The van der Waals surface area contributed by atoms with Crippen LogP contribution >= 0.6 is 0 Å². The molecular formula is C21H22N2O2. The summed E-state index contributed by atoms with van der Waals surface area (Å²) in [5.41, 5.74) is 1.71. The SMILES string of the molecule is CC(C)NC(=O)/C(=C\C=C/c1ccccc1)NC(=O)c1ccccc1. The van der Waals surface area contributed by atoms with Crippen molar-refractivity contribution in [3.8, 4) is 0 Å². The van der Waals surface area contributed by atoms with E-state index in [9.17, 15) is 9.59 Å². The van der Waals surface area contributed by atoms with Crippen LogP contribution in [0, 0.1) is 0 Å². The first-order valence-corrected chi connectivity index (χ1v) is 8.17. The van der Waals surface area contributed by atoms with Crippen LogP contribution in [0.1, 0.15) is 29.8 Å². The van der Waals surface area contributed by atoms with E-state index in [-0.39, 0.29) is 23.6 Å². The molecule has 4 heteroatoms. The van der Waals surface area contributed by atoms with E-state index in [0.29, 0.717) is 5.56 Å². The van der Waals surface area contributed by atoms with E-state index in [2.05, 4.69) is 10.6 Å². The van der Waals surface area contributed by atoms with Crippen LogP contribution in [0.15, 0.2) is 78.5 Å². The summed E-state index contributed by atoms with van der Waals surface area (Å²) in [5, 5.41) is 5.48. The average molecular weight is 334 g/mol. The second kappa shape index (κ2) is 9.23. The average Bonchev–Trinajstić information content (AvgIpc) is 2.61. The molecule has 0 aromatic heterocycles. The lowest BCUT2D eigenvalue weighted by Crippen LogP contribution is -2.38. The summed E-state index contributed by atoms with van der Waals surface area (Å²) < 4.78 is 0. The van der Waals surface area contributed by atoms with Gasteiger partial charge in [-0.3, -0.25) is 9.59 Å². The Morgan fingerprint density at radius 3 is 2.12 bits per heavy atom. The molecular weight excluding hydrogens is 312 g/mol. The molecule has 0 spiro atoms. The van der Waals surface area contributed by atoms with E-state index in [1.54, 1.807) is 36.4 Å². The summed E-state index contributed by atoms with van der Waals surface area (Å²) in [6.45, 7) is 3.74. The third-order valence-electron chi connectivity index (χ3n) is 3.30. The highest BCUT2D eigenvalue weighted by molar-refractivity contribution is 6.03. The summed E-state index contributed by atoms with van der Waals surface area (Å²) in [6, 6.07) is 18.5. The van der Waals surface area contributed by atoms with Gasteiger partial charge in [0, 0.05) is 11.6 Å². The Bertz CT molecular complexity index is 763. The van der Waals surface area contributed by atoms with Gasteiger partial charge in [0.1, 0.15) is 5.70 Å². The van der Waals surface area contributed by atoms with Gasteiger partial charge in [0.25, 0.3) is 11.8 Å². The molecule has 0 heterocycles. The van der Waals surface area contributed by atoms with Crippen LogP contribution in [0.3, 0.4) is 0 Å². The van der Waals surface area contributed by atoms with Crippen molar-refractivity contribution in [1.29, 1.82) is 0 Å². The Balaban J connectivity index is 2.17. The number of hydrogen-bond acceptors (Lipinski definition) is 2. The first-order chi connectivity index (χ1) is 12.1. The lowest BCUT2D eigenvalue weighted by Gasteiger charge is -2.12. The third-order valence-corrected chi connectivity index (χ3v) is 3.30. The van der Waals surface area contributed by atoms with Gasteiger partial charge in [-0.1, -0.05) is 60.7 Å². The van der Waals surface area contributed by atoms with Gasteiger partial charge in [-0.2, -0.15) is 0 Å². The molecule has 2 amide bonds. The quantitative estimate of drug-likeness (QED) is 0.627. The van der Waals surface area contributed by atoms with Crippen LogP contribution < -0.4 is 10.6 Å². The predicted molar refractivity (Wildman–Crippen MR) is 101 cm³/mol. The highest BCUT2D eigenvalue weighted by Gasteiger charge is 2.14. The molecule has 0 saturated heterocycles. The third kappa shape index (κ3) is 6.11. The van der Waals surface area contributed by atoms with Gasteiger partial charge in [-0.25, -0.2) is 0 Å². The summed E-state index contributed by atoms with van der Waals surface area (Å²) >= 11 is 0. The minimum absolute atomic E-state index is 0.0253. The topological polar surface area (TPSA) is 58.2 Å². The molecule has 2 rings (SSSR count).